The van der Waals surface area contributed by atoms with Gasteiger partial charge >= 0.3 is 0 Å². The third-order valence-electron chi connectivity index (χ3n) is 3.51. The summed E-state index contributed by atoms with van der Waals surface area (Å²) in [5.41, 5.74) is 2.78. The highest BCUT2D eigenvalue weighted by atomic mass is 32.1. The SMILES string of the molecule is CCn1cnc(N2CCc3ccccc3C2)nc1=S. The molecule has 0 spiro atoms. The van der Waals surface area contributed by atoms with Gasteiger partial charge in [0.05, 0.1) is 0 Å². The second-order valence-electron chi connectivity index (χ2n) is 4.67. The standard InChI is InChI=1S/C14H16N4S/c1-2-17-10-15-13(16-14(17)19)18-8-7-11-5-3-4-6-12(11)9-18/h3-6,10H,2,7-9H2,1H3. The van der Waals surface area contributed by atoms with Gasteiger partial charge in [0.15, 0.2) is 0 Å². The molecule has 2 heterocycles. The molecule has 0 unspecified atom stereocenters. The van der Waals surface area contributed by atoms with Gasteiger partial charge in [-0.25, -0.2) is 4.98 Å². The van der Waals surface area contributed by atoms with Gasteiger partial charge in [-0.2, -0.15) is 4.98 Å². The van der Waals surface area contributed by atoms with Crippen molar-refractivity contribution < 1.29 is 0 Å². The average Bonchev–Trinajstić information content (AvgIpc) is 2.46. The van der Waals surface area contributed by atoms with E-state index in [1.807, 2.05) is 11.5 Å². The van der Waals surface area contributed by atoms with Gasteiger partial charge in [-0.1, -0.05) is 24.3 Å². The minimum Gasteiger partial charge on any atom is -0.336 e. The smallest absolute Gasteiger partial charge is 0.229 e. The van der Waals surface area contributed by atoms with Crippen LogP contribution < -0.4 is 4.90 Å². The first kappa shape index (κ1) is 12.3. The summed E-state index contributed by atoms with van der Waals surface area (Å²) in [6.45, 7) is 4.65. The van der Waals surface area contributed by atoms with Crippen molar-refractivity contribution in [1.82, 2.24) is 14.5 Å². The monoisotopic (exact) mass is 272 g/mol. The van der Waals surface area contributed by atoms with Gasteiger partial charge in [-0.05, 0) is 36.7 Å². The van der Waals surface area contributed by atoms with Crippen LogP contribution in [0, 0.1) is 4.77 Å². The number of aryl methyl sites for hydroxylation is 1. The van der Waals surface area contributed by atoms with Crippen LogP contribution in [0.15, 0.2) is 30.6 Å². The highest BCUT2D eigenvalue weighted by Gasteiger charge is 2.17. The second kappa shape index (κ2) is 5.09. The number of benzene rings is 1. The van der Waals surface area contributed by atoms with Gasteiger partial charge in [0.2, 0.25) is 10.7 Å². The zero-order valence-electron chi connectivity index (χ0n) is 10.9. The molecule has 0 fully saturated rings. The lowest BCUT2D eigenvalue weighted by Gasteiger charge is -2.28. The van der Waals surface area contributed by atoms with Gasteiger partial charge in [-0.15, -0.1) is 0 Å². The average molecular weight is 272 g/mol. The van der Waals surface area contributed by atoms with E-state index in [0.29, 0.717) is 4.77 Å². The molecule has 1 aromatic carbocycles. The zero-order chi connectivity index (χ0) is 13.2. The molecule has 98 valence electrons. The Balaban J connectivity index is 1.89. The van der Waals surface area contributed by atoms with Gasteiger partial charge in [0, 0.05) is 19.6 Å². The van der Waals surface area contributed by atoms with Crippen molar-refractivity contribution in [2.24, 2.45) is 0 Å². The lowest BCUT2D eigenvalue weighted by Crippen LogP contribution is -2.32. The summed E-state index contributed by atoms with van der Waals surface area (Å²) in [7, 11) is 0. The highest BCUT2D eigenvalue weighted by Crippen LogP contribution is 2.21. The van der Waals surface area contributed by atoms with Crippen molar-refractivity contribution in [1.29, 1.82) is 0 Å². The van der Waals surface area contributed by atoms with E-state index in [9.17, 15) is 0 Å². The molecule has 0 N–H and O–H groups in total. The van der Waals surface area contributed by atoms with E-state index in [0.717, 1.165) is 32.0 Å². The molecule has 4 nitrogen and oxygen atoms in total. The molecule has 0 saturated heterocycles. The lowest BCUT2D eigenvalue weighted by atomic mass is 10.0. The quantitative estimate of drug-likeness (QED) is 0.787. The first-order valence-corrected chi connectivity index (χ1v) is 6.94. The maximum absolute atomic E-state index is 5.27. The molecule has 0 amide bonds. The summed E-state index contributed by atoms with van der Waals surface area (Å²) in [5.74, 6) is 0.740. The van der Waals surface area contributed by atoms with Crippen molar-refractivity contribution in [3.05, 3.63) is 46.5 Å². The van der Waals surface area contributed by atoms with Crippen molar-refractivity contribution in [3.8, 4) is 0 Å². The Morgan fingerprint density at radius 2 is 2.05 bits per heavy atom. The molecule has 2 aromatic rings. The molecule has 3 rings (SSSR count). The summed E-state index contributed by atoms with van der Waals surface area (Å²) in [6.07, 6.45) is 2.82. The Morgan fingerprint density at radius 1 is 1.26 bits per heavy atom. The molecule has 0 atom stereocenters. The molecule has 0 bridgehead atoms. The third-order valence-corrected chi connectivity index (χ3v) is 3.83. The van der Waals surface area contributed by atoms with Gasteiger partial charge in [0.1, 0.15) is 6.33 Å². The van der Waals surface area contributed by atoms with Crippen LogP contribution in [-0.2, 0) is 19.5 Å². The van der Waals surface area contributed by atoms with Crippen LogP contribution in [0.25, 0.3) is 0 Å². The first-order chi connectivity index (χ1) is 9.28. The number of rotatable bonds is 2. The van der Waals surface area contributed by atoms with Crippen molar-refractivity contribution in [2.45, 2.75) is 26.4 Å². The highest BCUT2D eigenvalue weighted by molar-refractivity contribution is 7.71. The van der Waals surface area contributed by atoms with Gasteiger partial charge in [0.25, 0.3) is 0 Å². The summed E-state index contributed by atoms with van der Waals surface area (Å²) >= 11 is 5.27. The van der Waals surface area contributed by atoms with Gasteiger partial charge < -0.3 is 9.47 Å². The Morgan fingerprint density at radius 3 is 2.79 bits per heavy atom. The molecule has 0 saturated carbocycles. The minimum absolute atomic E-state index is 0.603. The Hall–Kier alpha value is -1.75. The fourth-order valence-electron chi connectivity index (χ4n) is 2.39. The molecule has 5 heteroatoms. The Kier molecular flexibility index (Phi) is 3.29. The fourth-order valence-corrected chi connectivity index (χ4v) is 2.64. The molecular weight excluding hydrogens is 256 g/mol. The minimum atomic E-state index is 0.603. The number of hydrogen-bond acceptors (Lipinski definition) is 4. The van der Waals surface area contributed by atoms with Crippen LogP contribution in [0.1, 0.15) is 18.1 Å². The van der Waals surface area contributed by atoms with E-state index in [1.54, 1.807) is 6.33 Å². The van der Waals surface area contributed by atoms with E-state index in [-0.39, 0.29) is 0 Å². The second-order valence-corrected chi connectivity index (χ2v) is 5.03. The Labute approximate surface area is 117 Å². The van der Waals surface area contributed by atoms with E-state index in [1.165, 1.54) is 11.1 Å². The van der Waals surface area contributed by atoms with Crippen molar-refractivity contribution in [3.63, 3.8) is 0 Å². The van der Waals surface area contributed by atoms with Crippen LogP contribution in [0.5, 0.6) is 0 Å². The van der Waals surface area contributed by atoms with Crippen LogP contribution in [-0.4, -0.2) is 21.1 Å². The van der Waals surface area contributed by atoms with Crippen LogP contribution >= 0.6 is 12.2 Å². The maximum atomic E-state index is 5.27. The van der Waals surface area contributed by atoms with E-state index < -0.39 is 0 Å². The number of fused-ring (bicyclic) bond motifs is 1. The summed E-state index contributed by atoms with van der Waals surface area (Å²) in [4.78, 5) is 11.0. The number of anilines is 1. The molecule has 1 aliphatic heterocycles. The predicted octanol–water partition coefficient (Wildman–Crippen LogP) is 2.59. The molecule has 0 radical (unpaired) electrons. The van der Waals surface area contributed by atoms with E-state index in [2.05, 4.69) is 39.1 Å². The topological polar surface area (TPSA) is 34.0 Å². The summed E-state index contributed by atoms with van der Waals surface area (Å²) < 4.78 is 2.47. The van der Waals surface area contributed by atoms with Gasteiger partial charge in [-0.3, -0.25) is 0 Å². The number of nitrogens with zero attached hydrogens (tertiary/aromatic N) is 4. The number of hydrogen-bond donors (Lipinski definition) is 0. The molecule has 1 aromatic heterocycles. The predicted molar refractivity (Wildman–Crippen MR) is 77.7 cm³/mol. The number of aromatic nitrogens is 3. The summed E-state index contributed by atoms with van der Waals surface area (Å²) in [6, 6.07) is 8.55. The molecular formula is C14H16N4S. The van der Waals surface area contributed by atoms with Crippen LogP contribution in [0.3, 0.4) is 0 Å². The van der Waals surface area contributed by atoms with E-state index in [4.69, 9.17) is 12.2 Å². The van der Waals surface area contributed by atoms with Crippen molar-refractivity contribution in [2.75, 3.05) is 11.4 Å². The zero-order valence-corrected chi connectivity index (χ0v) is 11.7. The Bertz CT molecular complexity index is 650. The maximum Gasteiger partial charge on any atom is 0.229 e. The first-order valence-electron chi connectivity index (χ1n) is 6.53. The normalized spacial score (nSPS) is 14.3. The summed E-state index contributed by atoms with van der Waals surface area (Å²) in [5, 5.41) is 0. The van der Waals surface area contributed by atoms with E-state index >= 15 is 0 Å². The molecule has 0 aliphatic carbocycles. The largest absolute Gasteiger partial charge is 0.336 e. The van der Waals surface area contributed by atoms with Crippen molar-refractivity contribution >= 4 is 18.2 Å². The molecule has 19 heavy (non-hydrogen) atoms. The third kappa shape index (κ3) is 2.38. The van der Waals surface area contributed by atoms with Crippen LogP contribution in [0.4, 0.5) is 5.95 Å². The molecule has 1 aliphatic rings. The fraction of sp³-hybridized carbons (Fsp3) is 0.357. The van der Waals surface area contributed by atoms with Crippen LogP contribution in [0.2, 0.25) is 0 Å². The lowest BCUT2D eigenvalue weighted by molar-refractivity contribution is 0.660.